The largest absolute Gasteiger partial charge is 0.479 e. The fraction of sp³-hybridized carbons (Fsp3) is 0.333. The van der Waals surface area contributed by atoms with Crippen LogP contribution in [0.3, 0.4) is 0 Å². The second-order valence-corrected chi connectivity index (χ2v) is 7.31. The van der Waals surface area contributed by atoms with Gasteiger partial charge < -0.3 is 19.9 Å². The minimum atomic E-state index is -0.703. The average Bonchev–Trinajstić information content (AvgIpc) is 3.24. The maximum Gasteiger partial charge on any atom is 0.268 e. The molecule has 1 aromatic carbocycles. The van der Waals surface area contributed by atoms with E-state index in [-0.39, 0.29) is 36.0 Å². The van der Waals surface area contributed by atoms with Crippen LogP contribution in [0.25, 0.3) is 0 Å². The van der Waals surface area contributed by atoms with Gasteiger partial charge in [0.25, 0.3) is 11.8 Å². The molecule has 2 aromatic rings. The van der Waals surface area contributed by atoms with E-state index in [2.05, 4.69) is 10.3 Å². The van der Waals surface area contributed by atoms with Gasteiger partial charge in [-0.2, -0.15) is 0 Å². The van der Waals surface area contributed by atoms with Crippen LogP contribution in [0.4, 0.5) is 10.1 Å². The van der Waals surface area contributed by atoms with Crippen LogP contribution in [0.15, 0.2) is 30.5 Å². The highest BCUT2D eigenvalue weighted by Gasteiger charge is 2.37. The lowest BCUT2D eigenvalue weighted by molar-refractivity contribution is -0.123. The highest BCUT2D eigenvalue weighted by Crippen LogP contribution is 2.32. The summed E-state index contributed by atoms with van der Waals surface area (Å²) in [5.74, 6) is -1.16. The number of amides is 3. The number of likely N-dealkylation sites (N-methyl/N-ethyl adjacent to an activating group) is 1. The molecule has 1 fully saturated rings. The van der Waals surface area contributed by atoms with Crippen molar-refractivity contribution in [1.29, 1.82) is 0 Å². The zero-order valence-electron chi connectivity index (χ0n) is 16.6. The van der Waals surface area contributed by atoms with E-state index in [1.807, 2.05) is 6.92 Å². The molecule has 2 aliphatic heterocycles. The van der Waals surface area contributed by atoms with E-state index in [1.165, 1.54) is 29.0 Å². The molecule has 8 nitrogen and oxygen atoms in total. The maximum absolute atomic E-state index is 14.7. The van der Waals surface area contributed by atoms with Gasteiger partial charge in [0, 0.05) is 42.5 Å². The summed E-state index contributed by atoms with van der Waals surface area (Å²) in [5, 5.41) is 2.45. The first-order valence-corrected chi connectivity index (χ1v) is 9.60. The van der Waals surface area contributed by atoms with Crippen LogP contribution in [-0.2, 0) is 16.1 Å². The Labute approximate surface area is 172 Å². The number of fused-ring (bicyclic) bond motifs is 1. The van der Waals surface area contributed by atoms with E-state index in [0.29, 0.717) is 24.4 Å². The summed E-state index contributed by atoms with van der Waals surface area (Å²) in [6.07, 6.45) is 1.29. The summed E-state index contributed by atoms with van der Waals surface area (Å²) in [4.78, 5) is 43.9. The molecule has 9 heteroatoms. The molecule has 3 heterocycles. The second kappa shape index (κ2) is 7.74. The van der Waals surface area contributed by atoms with Crippen molar-refractivity contribution in [1.82, 2.24) is 15.2 Å². The summed E-state index contributed by atoms with van der Waals surface area (Å²) >= 11 is 0. The predicted octanol–water partition coefficient (Wildman–Crippen LogP) is 1.42. The van der Waals surface area contributed by atoms with Crippen LogP contribution in [0, 0.1) is 12.7 Å². The first-order chi connectivity index (χ1) is 14.4. The van der Waals surface area contributed by atoms with E-state index in [9.17, 15) is 18.8 Å². The third-order valence-electron chi connectivity index (χ3n) is 5.29. The van der Waals surface area contributed by atoms with Crippen molar-refractivity contribution in [3.05, 3.63) is 53.1 Å². The van der Waals surface area contributed by atoms with Crippen LogP contribution < -0.4 is 15.0 Å². The average molecular weight is 412 g/mol. The Balaban J connectivity index is 1.53. The Morgan fingerprint density at radius 3 is 2.83 bits per heavy atom. The van der Waals surface area contributed by atoms with Gasteiger partial charge in [0.1, 0.15) is 18.1 Å². The number of ether oxygens (including phenoxy) is 1. The van der Waals surface area contributed by atoms with Gasteiger partial charge in [-0.05, 0) is 31.2 Å². The first-order valence-electron chi connectivity index (χ1n) is 9.60. The van der Waals surface area contributed by atoms with Crippen LogP contribution in [0.5, 0.6) is 5.75 Å². The molecule has 30 heavy (non-hydrogen) atoms. The van der Waals surface area contributed by atoms with Crippen LogP contribution in [-0.4, -0.2) is 53.8 Å². The number of carbonyl (C=O) groups is 3. The Kier molecular flexibility index (Phi) is 5.11. The number of pyridine rings is 1. The van der Waals surface area contributed by atoms with Gasteiger partial charge in [-0.3, -0.25) is 19.4 Å². The standard InChI is InChI=1S/C21H21FN4O4/c1-12-3-4-14(9-24-12)30-18-5-6-26(21(18)29)13-7-15-16(17(22)8-13)10-25(20(15)28)11-19(27)23-2/h3-4,7-9,18H,5-6,10-11H2,1-2H3,(H,23,27)/t18-/m1/s1. The highest BCUT2D eigenvalue weighted by atomic mass is 19.1. The number of aromatic nitrogens is 1. The quantitative estimate of drug-likeness (QED) is 0.802. The van der Waals surface area contributed by atoms with Gasteiger partial charge in [0.2, 0.25) is 5.91 Å². The Hall–Kier alpha value is -3.49. The molecular weight excluding hydrogens is 391 g/mol. The highest BCUT2D eigenvalue weighted by molar-refractivity contribution is 6.03. The van der Waals surface area contributed by atoms with Crippen molar-refractivity contribution >= 4 is 23.4 Å². The van der Waals surface area contributed by atoms with Gasteiger partial charge in [0.05, 0.1) is 12.7 Å². The lowest BCUT2D eigenvalue weighted by Gasteiger charge is -2.18. The van der Waals surface area contributed by atoms with Gasteiger partial charge in [-0.1, -0.05) is 0 Å². The fourth-order valence-electron chi connectivity index (χ4n) is 3.65. The third kappa shape index (κ3) is 3.58. The molecule has 2 aliphatic rings. The number of carbonyl (C=O) groups excluding carboxylic acids is 3. The molecule has 4 rings (SSSR count). The second-order valence-electron chi connectivity index (χ2n) is 7.31. The van der Waals surface area contributed by atoms with Crippen molar-refractivity contribution in [2.45, 2.75) is 26.0 Å². The normalized spacial score (nSPS) is 18.0. The first kappa shape index (κ1) is 19.8. The summed E-state index contributed by atoms with van der Waals surface area (Å²) in [7, 11) is 1.47. The molecule has 0 saturated carbocycles. The Morgan fingerprint density at radius 1 is 1.33 bits per heavy atom. The smallest absolute Gasteiger partial charge is 0.268 e. The number of rotatable bonds is 5. The van der Waals surface area contributed by atoms with Gasteiger partial charge in [0.15, 0.2) is 6.10 Å². The number of nitrogens with one attached hydrogen (secondary N) is 1. The van der Waals surface area contributed by atoms with E-state index in [4.69, 9.17) is 4.74 Å². The van der Waals surface area contributed by atoms with E-state index >= 15 is 0 Å². The molecule has 0 bridgehead atoms. The molecule has 1 aromatic heterocycles. The van der Waals surface area contributed by atoms with Gasteiger partial charge in [-0.25, -0.2) is 4.39 Å². The lowest BCUT2D eigenvalue weighted by atomic mass is 10.1. The molecule has 1 atom stereocenters. The number of halogens is 1. The number of benzene rings is 1. The van der Waals surface area contributed by atoms with E-state index in [0.717, 1.165) is 5.69 Å². The summed E-state index contributed by atoms with van der Waals surface area (Å²) in [6, 6.07) is 6.30. The van der Waals surface area contributed by atoms with Crippen LogP contribution in [0.1, 0.15) is 28.0 Å². The van der Waals surface area contributed by atoms with Crippen LogP contribution in [0.2, 0.25) is 0 Å². The third-order valence-corrected chi connectivity index (χ3v) is 5.29. The zero-order valence-corrected chi connectivity index (χ0v) is 16.6. The van der Waals surface area contributed by atoms with Crippen LogP contribution >= 0.6 is 0 Å². The number of anilines is 1. The van der Waals surface area contributed by atoms with E-state index < -0.39 is 17.8 Å². The van der Waals surface area contributed by atoms with Crippen molar-refractivity contribution in [3.63, 3.8) is 0 Å². The summed E-state index contributed by atoms with van der Waals surface area (Å²) < 4.78 is 20.5. The minimum absolute atomic E-state index is 0.0216. The van der Waals surface area contributed by atoms with E-state index in [1.54, 1.807) is 18.3 Å². The Bertz CT molecular complexity index is 1020. The molecule has 1 saturated heterocycles. The predicted molar refractivity (Wildman–Crippen MR) is 106 cm³/mol. The number of aryl methyl sites for hydroxylation is 1. The maximum atomic E-state index is 14.7. The van der Waals surface area contributed by atoms with Crippen molar-refractivity contribution in [2.75, 3.05) is 25.0 Å². The fourth-order valence-corrected chi connectivity index (χ4v) is 3.65. The van der Waals surface area contributed by atoms with Gasteiger partial charge >= 0.3 is 0 Å². The molecule has 0 unspecified atom stereocenters. The van der Waals surface area contributed by atoms with Gasteiger partial charge in [-0.15, -0.1) is 0 Å². The van der Waals surface area contributed by atoms with Crippen molar-refractivity contribution < 1.29 is 23.5 Å². The SMILES string of the molecule is CNC(=O)CN1Cc2c(F)cc(N3CC[C@@H](Oc4ccc(C)nc4)C3=O)cc2C1=O. The Morgan fingerprint density at radius 2 is 2.13 bits per heavy atom. The number of hydrogen-bond donors (Lipinski definition) is 1. The molecule has 156 valence electrons. The molecular formula is C21H21FN4O4. The summed E-state index contributed by atoms with van der Waals surface area (Å²) in [5.41, 5.74) is 1.55. The molecule has 0 aliphatic carbocycles. The monoisotopic (exact) mass is 412 g/mol. The van der Waals surface area contributed by atoms with Crippen molar-refractivity contribution in [2.24, 2.45) is 0 Å². The number of hydrogen-bond acceptors (Lipinski definition) is 5. The number of nitrogens with zero attached hydrogens (tertiary/aromatic N) is 3. The molecule has 3 amide bonds. The molecule has 0 spiro atoms. The van der Waals surface area contributed by atoms with Crippen molar-refractivity contribution in [3.8, 4) is 5.75 Å². The molecule has 0 radical (unpaired) electrons. The lowest BCUT2D eigenvalue weighted by Crippen LogP contribution is -2.35. The summed E-state index contributed by atoms with van der Waals surface area (Å²) in [6.45, 7) is 2.07. The topological polar surface area (TPSA) is 91.8 Å². The zero-order chi connectivity index (χ0) is 21.4. The molecule has 1 N–H and O–H groups in total. The minimum Gasteiger partial charge on any atom is -0.479 e.